The van der Waals surface area contributed by atoms with Crippen LogP contribution >= 0.6 is 27.7 Å². The topological polar surface area (TPSA) is 72.3 Å². The van der Waals surface area contributed by atoms with Gasteiger partial charge in [-0.2, -0.15) is 0 Å². The molecule has 1 aliphatic heterocycles. The van der Waals surface area contributed by atoms with Crippen LogP contribution in [0.4, 0.5) is 11.6 Å². The minimum Gasteiger partial charge on any atom is -0.378 e. The van der Waals surface area contributed by atoms with Crippen molar-refractivity contribution in [2.75, 3.05) is 36.5 Å². The SMILES string of the molecule is CCn1c(SC(C)C(=O)Nc2ccc(Br)cc2)nnc1N1CCOCC1. The minimum atomic E-state index is -0.286. The van der Waals surface area contributed by atoms with Crippen molar-refractivity contribution in [3.63, 3.8) is 0 Å². The molecule has 0 spiro atoms. The van der Waals surface area contributed by atoms with Crippen molar-refractivity contribution in [1.82, 2.24) is 14.8 Å². The zero-order valence-corrected chi connectivity index (χ0v) is 17.2. The molecule has 0 bridgehead atoms. The second-order valence-electron chi connectivity index (χ2n) is 5.88. The number of amides is 1. The molecule has 1 aromatic heterocycles. The van der Waals surface area contributed by atoms with Crippen molar-refractivity contribution in [3.05, 3.63) is 28.7 Å². The van der Waals surface area contributed by atoms with Crippen LogP contribution in [0.25, 0.3) is 0 Å². The zero-order chi connectivity index (χ0) is 18.5. The smallest absolute Gasteiger partial charge is 0.237 e. The van der Waals surface area contributed by atoms with Crippen LogP contribution in [-0.2, 0) is 16.1 Å². The number of benzene rings is 1. The van der Waals surface area contributed by atoms with E-state index in [4.69, 9.17) is 4.74 Å². The normalized spacial score (nSPS) is 15.7. The Balaban J connectivity index is 1.66. The fourth-order valence-corrected chi connectivity index (χ4v) is 3.80. The van der Waals surface area contributed by atoms with Crippen LogP contribution in [0.2, 0.25) is 0 Å². The van der Waals surface area contributed by atoms with Crippen LogP contribution in [0, 0.1) is 0 Å². The average molecular weight is 440 g/mol. The lowest BCUT2D eigenvalue weighted by Crippen LogP contribution is -2.38. The van der Waals surface area contributed by atoms with Gasteiger partial charge in [0.15, 0.2) is 5.16 Å². The van der Waals surface area contributed by atoms with E-state index < -0.39 is 0 Å². The van der Waals surface area contributed by atoms with E-state index in [1.165, 1.54) is 11.8 Å². The number of ether oxygens (including phenoxy) is 1. The first-order valence-corrected chi connectivity index (χ1v) is 10.2. The zero-order valence-electron chi connectivity index (χ0n) is 14.8. The van der Waals surface area contributed by atoms with E-state index in [2.05, 4.69) is 47.8 Å². The maximum atomic E-state index is 12.5. The number of nitrogens with one attached hydrogen (secondary N) is 1. The highest BCUT2D eigenvalue weighted by molar-refractivity contribution is 9.10. The first-order chi connectivity index (χ1) is 12.6. The third kappa shape index (κ3) is 4.57. The fraction of sp³-hybridized carbons (Fsp3) is 0.471. The third-order valence-corrected chi connectivity index (χ3v) is 5.68. The molecule has 140 valence electrons. The monoisotopic (exact) mass is 439 g/mol. The highest BCUT2D eigenvalue weighted by Gasteiger charge is 2.23. The molecule has 1 N–H and O–H groups in total. The molecule has 1 atom stereocenters. The molecular formula is C17H22BrN5O2S. The summed E-state index contributed by atoms with van der Waals surface area (Å²) in [5.74, 6) is 0.787. The van der Waals surface area contributed by atoms with Gasteiger partial charge in [-0.15, -0.1) is 10.2 Å². The molecule has 1 unspecified atom stereocenters. The van der Waals surface area contributed by atoms with Crippen molar-refractivity contribution in [1.29, 1.82) is 0 Å². The van der Waals surface area contributed by atoms with E-state index in [0.29, 0.717) is 13.2 Å². The Morgan fingerprint density at radius 1 is 1.31 bits per heavy atom. The van der Waals surface area contributed by atoms with Crippen LogP contribution in [0.15, 0.2) is 33.9 Å². The van der Waals surface area contributed by atoms with E-state index >= 15 is 0 Å². The van der Waals surface area contributed by atoms with Gasteiger partial charge in [-0.1, -0.05) is 27.7 Å². The highest BCUT2D eigenvalue weighted by atomic mass is 79.9. The van der Waals surface area contributed by atoms with Gasteiger partial charge in [0.2, 0.25) is 11.9 Å². The second kappa shape index (κ2) is 8.88. The molecule has 1 aromatic carbocycles. The fourth-order valence-electron chi connectivity index (χ4n) is 2.63. The van der Waals surface area contributed by atoms with Gasteiger partial charge in [-0.3, -0.25) is 9.36 Å². The third-order valence-electron chi connectivity index (χ3n) is 4.07. The molecule has 2 aromatic rings. The van der Waals surface area contributed by atoms with E-state index in [0.717, 1.165) is 40.9 Å². The molecule has 1 saturated heterocycles. The van der Waals surface area contributed by atoms with Gasteiger partial charge in [-0.05, 0) is 38.1 Å². The van der Waals surface area contributed by atoms with E-state index in [-0.39, 0.29) is 11.2 Å². The van der Waals surface area contributed by atoms with Crippen LogP contribution in [-0.4, -0.2) is 52.2 Å². The maximum absolute atomic E-state index is 12.5. The van der Waals surface area contributed by atoms with E-state index in [1.807, 2.05) is 31.2 Å². The van der Waals surface area contributed by atoms with Crippen molar-refractivity contribution in [3.8, 4) is 0 Å². The number of morpholine rings is 1. The molecule has 0 aliphatic carbocycles. The Hall–Kier alpha value is -1.58. The number of anilines is 2. The molecule has 9 heteroatoms. The van der Waals surface area contributed by atoms with E-state index in [1.54, 1.807) is 0 Å². The minimum absolute atomic E-state index is 0.0594. The quantitative estimate of drug-likeness (QED) is 0.697. The Labute approximate surface area is 165 Å². The van der Waals surface area contributed by atoms with Crippen molar-refractivity contribution < 1.29 is 9.53 Å². The predicted octanol–water partition coefficient (Wildman–Crippen LogP) is 3.02. The van der Waals surface area contributed by atoms with Gasteiger partial charge < -0.3 is 15.0 Å². The number of halogens is 1. The summed E-state index contributed by atoms with van der Waals surface area (Å²) in [6.45, 7) is 7.70. The Bertz CT molecular complexity index is 746. The second-order valence-corrected chi connectivity index (χ2v) is 8.11. The molecule has 2 heterocycles. The van der Waals surface area contributed by atoms with Gasteiger partial charge in [0.25, 0.3) is 0 Å². The van der Waals surface area contributed by atoms with Gasteiger partial charge in [-0.25, -0.2) is 0 Å². The number of hydrogen-bond donors (Lipinski definition) is 1. The van der Waals surface area contributed by atoms with Crippen molar-refractivity contribution >= 4 is 45.2 Å². The number of nitrogens with zero attached hydrogens (tertiary/aromatic N) is 4. The number of aromatic nitrogens is 3. The molecule has 1 fully saturated rings. The average Bonchev–Trinajstić information content (AvgIpc) is 3.06. The first-order valence-electron chi connectivity index (χ1n) is 8.57. The van der Waals surface area contributed by atoms with Gasteiger partial charge in [0.05, 0.1) is 18.5 Å². The number of carbonyl (C=O) groups excluding carboxylic acids is 1. The lowest BCUT2D eigenvalue weighted by Gasteiger charge is -2.27. The van der Waals surface area contributed by atoms with Gasteiger partial charge in [0.1, 0.15) is 0 Å². The summed E-state index contributed by atoms with van der Waals surface area (Å²) in [6, 6.07) is 7.53. The number of hydrogen-bond acceptors (Lipinski definition) is 6. The molecule has 0 saturated carbocycles. The van der Waals surface area contributed by atoms with Gasteiger partial charge in [0, 0.05) is 29.8 Å². The molecule has 26 heavy (non-hydrogen) atoms. The Morgan fingerprint density at radius 2 is 2.00 bits per heavy atom. The maximum Gasteiger partial charge on any atom is 0.237 e. The summed E-state index contributed by atoms with van der Waals surface area (Å²) in [5.41, 5.74) is 0.775. The van der Waals surface area contributed by atoms with E-state index in [9.17, 15) is 4.79 Å². The molecule has 0 radical (unpaired) electrons. The van der Waals surface area contributed by atoms with Crippen molar-refractivity contribution in [2.24, 2.45) is 0 Å². The molecule has 1 amide bonds. The lowest BCUT2D eigenvalue weighted by molar-refractivity contribution is -0.115. The van der Waals surface area contributed by atoms with Crippen LogP contribution in [0.5, 0.6) is 0 Å². The molecule has 1 aliphatic rings. The van der Waals surface area contributed by atoms with Crippen molar-refractivity contribution in [2.45, 2.75) is 30.8 Å². The summed E-state index contributed by atoms with van der Waals surface area (Å²) in [4.78, 5) is 14.7. The lowest BCUT2D eigenvalue weighted by atomic mass is 10.3. The summed E-state index contributed by atoms with van der Waals surface area (Å²) in [7, 11) is 0. The number of carbonyl (C=O) groups is 1. The van der Waals surface area contributed by atoms with Crippen LogP contribution in [0.1, 0.15) is 13.8 Å². The Kier molecular flexibility index (Phi) is 6.55. The Morgan fingerprint density at radius 3 is 2.65 bits per heavy atom. The molecular weight excluding hydrogens is 418 g/mol. The number of rotatable bonds is 6. The largest absolute Gasteiger partial charge is 0.378 e. The predicted molar refractivity (Wildman–Crippen MR) is 107 cm³/mol. The molecule has 7 nitrogen and oxygen atoms in total. The summed E-state index contributed by atoms with van der Waals surface area (Å²) in [5, 5.41) is 12.1. The highest BCUT2D eigenvalue weighted by Crippen LogP contribution is 2.27. The van der Waals surface area contributed by atoms with Crippen LogP contribution < -0.4 is 10.2 Å². The summed E-state index contributed by atoms with van der Waals surface area (Å²) >= 11 is 4.81. The van der Waals surface area contributed by atoms with Crippen LogP contribution in [0.3, 0.4) is 0 Å². The van der Waals surface area contributed by atoms with Gasteiger partial charge >= 0.3 is 0 Å². The summed E-state index contributed by atoms with van der Waals surface area (Å²) in [6.07, 6.45) is 0. The first kappa shape index (κ1) is 19.2. The summed E-state index contributed by atoms with van der Waals surface area (Å²) < 4.78 is 8.43. The standard InChI is InChI=1S/C17H22BrN5O2S/c1-3-23-16(22-8-10-25-11-9-22)20-21-17(23)26-12(2)15(24)19-14-6-4-13(18)5-7-14/h4-7,12H,3,8-11H2,1-2H3,(H,19,24). The number of thioether (sulfide) groups is 1. The molecule has 3 rings (SSSR count).